The number of para-hydroxylation sites is 1. The van der Waals surface area contributed by atoms with Crippen LogP contribution in [0.2, 0.25) is 0 Å². The highest BCUT2D eigenvalue weighted by Gasteiger charge is 2.58. The molecule has 1 unspecified atom stereocenters. The van der Waals surface area contributed by atoms with Crippen molar-refractivity contribution in [1.82, 2.24) is 0 Å². The van der Waals surface area contributed by atoms with Gasteiger partial charge in [0.1, 0.15) is 11.3 Å². The molecule has 0 aliphatic carbocycles. The Kier molecular flexibility index (Phi) is 5.86. The molecule has 3 aromatic carbocycles. The van der Waals surface area contributed by atoms with E-state index in [1.807, 2.05) is 36.4 Å². The van der Waals surface area contributed by atoms with E-state index in [0.29, 0.717) is 11.0 Å². The first kappa shape index (κ1) is 23.8. The van der Waals surface area contributed by atoms with Crippen LogP contribution >= 0.6 is 0 Å². The van der Waals surface area contributed by atoms with E-state index in [-0.39, 0.29) is 11.0 Å². The van der Waals surface area contributed by atoms with Crippen molar-refractivity contribution in [3.05, 3.63) is 88.3 Å². The molecule has 4 heteroatoms. The summed E-state index contributed by atoms with van der Waals surface area (Å²) in [6, 6.07) is 20.4. The third-order valence-corrected chi connectivity index (χ3v) is 8.43. The standard InChI is InChI=1S/C33H35NO3/c1-4-5-6-7-8-13-22-34-28-17-12-11-16-27(28)32(2,3)33(34)21-20-26-29(37-33)19-18-24-23-14-9-10-15-25(23)31(35)36-30(24)26/h9-12,14-21H,4-8,13,22H2,1-3H3. The minimum absolute atomic E-state index is 0.279. The van der Waals surface area contributed by atoms with Crippen LogP contribution < -0.4 is 15.3 Å². The second-order valence-electron chi connectivity index (χ2n) is 11.0. The lowest BCUT2D eigenvalue weighted by molar-refractivity contribution is 0.0532. The third-order valence-electron chi connectivity index (χ3n) is 8.43. The summed E-state index contributed by atoms with van der Waals surface area (Å²) in [6.07, 6.45) is 11.8. The minimum atomic E-state index is -0.655. The van der Waals surface area contributed by atoms with Crippen molar-refractivity contribution in [2.24, 2.45) is 0 Å². The molecule has 0 fully saturated rings. The Morgan fingerprint density at radius 1 is 0.811 bits per heavy atom. The molecular formula is C33H35NO3. The number of nitrogens with zero attached hydrogens (tertiary/aromatic N) is 1. The first-order valence-electron chi connectivity index (χ1n) is 13.7. The smallest absolute Gasteiger partial charge is 0.344 e. The van der Waals surface area contributed by atoms with Gasteiger partial charge in [-0.1, -0.05) is 75.4 Å². The van der Waals surface area contributed by atoms with Crippen LogP contribution in [0.4, 0.5) is 5.69 Å². The van der Waals surface area contributed by atoms with Gasteiger partial charge in [-0.3, -0.25) is 0 Å². The van der Waals surface area contributed by atoms with Gasteiger partial charge in [0.15, 0.2) is 0 Å². The molecule has 4 aromatic rings. The lowest BCUT2D eigenvalue weighted by atomic mass is 9.76. The number of anilines is 1. The van der Waals surface area contributed by atoms with E-state index < -0.39 is 5.72 Å². The topological polar surface area (TPSA) is 42.7 Å². The molecule has 2 aliphatic rings. The summed E-state index contributed by atoms with van der Waals surface area (Å²) < 4.78 is 12.9. The van der Waals surface area contributed by atoms with E-state index in [4.69, 9.17) is 9.15 Å². The quantitative estimate of drug-likeness (QED) is 0.148. The first-order valence-corrected chi connectivity index (χ1v) is 13.7. The van der Waals surface area contributed by atoms with Gasteiger partial charge in [-0.2, -0.15) is 0 Å². The van der Waals surface area contributed by atoms with E-state index >= 15 is 0 Å². The molecule has 0 N–H and O–H groups in total. The number of hydrogen-bond donors (Lipinski definition) is 0. The van der Waals surface area contributed by atoms with Crippen LogP contribution in [0.5, 0.6) is 5.75 Å². The van der Waals surface area contributed by atoms with Crippen molar-refractivity contribution in [3.8, 4) is 5.75 Å². The van der Waals surface area contributed by atoms with E-state index in [9.17, 15) is 4.79 Å². The van der Waals surface area contributed by atoms with E-state index in [0.717, 1.165) is 35.1 Å². The van der Waals surface area contributed by atoms with Crippen LogP contribution in [-0.4, -0.2) is 12.3 Å². The van der Waals surface area contributed by atoms with Crippen LogP contribution in [0, 0.1) is 0 Å². The van der Waals surface area contributed by atoms with Crippen LogP contribution in [0.3, 0.4) is 0 Å². The predicted octanol–water partition coefficient (Wildman–Crippen LogP) is 8.21. The molecule has 4 nitrogen and oxygen atoms in total. The van der Waals surface area contributed by atoms with Crippen molar-refractivity contribution in [2.75, 3.05) is 11.4 Å². The number of benzene rings is 3. The van der Waals surface area contributed by atoms with Gasteiger partial charge in [-0.15, -0.1) is 0 Å². The normalized spacial score (nSPS) is 19.4. The van der Waals surface area contributed by atoms with Crippen LogP contribution in [0.25, 0.3) is 27.8 Å². The summed E-state index contributed by atoms with van der Waals surface area (Å²) in [4.78, 5) is 15.3. The van der Waals surface area contributed by atoms with E-state index in [1.165, 1.54) is 43.4 Å². The number of unbranched alkanes of at least 4 members (excludes halogenated alkanes) is 5. The molecular weight excluding hydrogens is 458 g/mol. The fraction of sp³-hybridized carbons (Fsp3) is 0.364. The van der Waals surface area contributed by atoms with Crippen molar-refractivity contribution in [1.29, 1.82) is 0 Å². The van der Waals surface area contributed by atoms with Crippen LogP contribution in [-0.2, 0) is 5.41 Å². The number of hydrogen-bond acceptors (Lipinski definition) is 4. The molecule has 0 amide bonds. The monoisotopic (exact) mass is 493 g/mol. The molecule has 0 saturated heterocycles. The molecule has 0 bridgehead atoms. The van der Waals surface area contributed by atoms with Crippen molar-refractivity contribution < 1.29 is 9.15 Å². The fourth-order valence-corrected chi connectivity index (χ4v) is 6.36. The molecule has 37 heavy (non-hydrogen) atoms. The Morgan fingerprint density at radius 3 is 2.38 bits per heavy atom. The van der Waals surface area contributed by atoms with Gasteiger partial charge >= 0.3 is 5.63 Å². The zero-order valence-corrected chi connectivity index (χ0v) is 22.0. The Balaban J connectivity index is 1.42. The van der Waals surface area contributed by atoms with Crippen molar-refractivity contribution in [2.45, 2.75) is 70.4 Å². The third kappa shape index (κ3) is 3.60. The van der Waals surface area contributed by atoms with Crippen LogP contribution in [0.15, 0.2) is 76.0 Å². The maximum Gasteiger partial charge on any atom is 0.344 e. The summed E-state index contributed by atoms with van der Waals surface area (Å²) in [5.41, 5.74) is 2.71. The molecule has 1 spiro atoms. The fourth-order valence-electron chi connectivity index (χ4n) is 6.36. The zero-order valence-electron chi connectivity index (χ0n) is 22.0. The van der Waals surface area contributed by atoms with E-state index in [2.05, 4.69) is 62.1 Å². The van der Waals surface area contributed by atoms with Gasteiger partial charge in [0, 0.05) is 17.6 Å². The number of ether oxygens (including phenoxy) is 1. The average Bonchev–Trinajstić information content (AvgIpc) is 3.09. The zero-order chi connectivity index (χ0) is 25.6. The second-order valence-corrected chi connectivity index (χ2v) is 11.0. The van der Waals surface area contributed by atoms with Crippen molar-refractivity contribution in [3.63, 3.8) is 0 Å². The molecule has 1 atom stereocenters. The largest absolute Gasteiger partial charge is 0.463 e. The van der Waals surface area contributed by atoms with Gasteiger partial charge in [-0.05, 0) is 67.6 Å². The molecule has 190 valence electrons. The number of rotatable bonds is 7. The second kappa shape index (κ2) is 9.09. The molecule has 3 heterocycles. The maximum absolute atomic E-state index is 12.8. The summed E-state index contributed by atoms with van der Waals surface area (Å²) in [5, 5.41) is 2.43. The highest BCUT2D eigenvalue weighted by atomic mass is 16.5. The maximum atomic E-state index is 12.8. The molecule has 0 radical (unpaired) electrons. The van der Waals surface area contributed by atoms with Gasteiger partial charge in [0.2, 0.25) is 5.72 Å². The van der Waals surface area contributed by atoms with Gasteiger partial charge in [-0.25, -0.2) is 4.79 Å². The summed E-state index contributed by atoms with van der Waals surface area (Å²) in [6.45, 7) is 7.74. The molecule has 6 rings (SSSR count). The highest BCUT2D eigenvalue weighted by molar-refractivity contribution is 6.07. The Hall–Kier alpha value is -3.53. The lowest BCUT2D eigenvalue weighted by Gasteiger charge is -2.47. The predicted molar refractivity (Wildman–Crippen MR) is 153 cm³/mol. The van der Waals surface area contributed by atoms with Gasteiger partial charge in [0.25, 0.3) is 0 Å². The minimum Gasteiger partial charge on any atom is -0.463 e. The van der Waals surface area contributed by atoms with Gasteiger partial charge < -0.3 is 14.1 Å². The lowest BCUT2D eigenvalue weighted by Crippen LogP contribution is -2.59. The first-order chi connectivity index (χ1) is 18.0. The summed E-state index contributed by atoms with van der Waals surface area (Å²) >= 11 is 0. The Labute approximate surface area is 218 Å². The average molecular weight is 494 g/mol. The van der Waals surface area contributed by atoms with Crippen LogP contribution in [0.1, 0.15) is 70.4 Å². The van der Waals surface area contributed by atoms with Gasteiger partial charge in [0.05, 0.1) is 16.4 Å². The van der Waals surface area contributed by atoms with E-state index in [1.54, 1.807) is 0 Å². The Morgan fingerprint density at radius 2 is 1.54 bits per heavy atom. The number of fused-ring (bicyclic) bond motifs is 6. The van der Waals surface area contributed by atoms with Crippen molar-refractivity contribution >= 4 is 33.5 Å². The molecule has 1 aromatic heterocycles. The SMILES string of the molecule is CCCCCCCCN1c2ccccc2C(C)(C)C12C=Cc1c(ccc3c1oc(=O)c1ccccc13)O2. The molecule has 0 saturated carbocycles. The highest BCUT2D eigenvalue weighted by Crippen LogP contribution is 2.55. The summed E-state index contributed by atoms with van der Waals surface area (Å²) in [5.74, 6) is 0.752. The molecule has 2 aliphatic heterocycles. The Bertz CT molecular complexity index is 1560. The summed E-state index contributed by atoms with van der Waals surface area (Å²) in [7, 11) is 0.